The van der Waals surface area contributed by atoms with Crippen LogP contribution >= 0.6 is 0 Å². The van der Waals surface area contributed by atoms with Crippen molar-refractivity contribution in [1.29, 1.82) is 0 Å². The van der Waals surface area contributed by atoms with Crippen molar-refractivity contribution < 1.29 is 8.42 Å². The summed E-state index contributed by atoms with van der Waals surface area (Å²) < 4.78 is 24.9. The average molecular weight is 200 g/mol. The van der Waals surface area contributed by atoms with Gasteiger partial charge in [0.15, 0.2) is 0 Å². The van der Waals surface area contributed by atoms with Gasteiger partial charge in [0.2, 0.25) is 10.0 Å². The monoisotopic (exact) mass is 200 g/mol. The molecule has 0 heterocycles. The van der Waals surface area contributed by atoms with E-state index in [4.69, 9.17) is 5.73 Å². The lowest BCUT2D eigenvalue weighted by atomic mass is 10.2. The van der Waals surface area contributed by atoms with E-state index in [0.29, 0.717) is 0 Å². The smallest absolute Gasteiger partial charge is 0.241 e. The molecule has 1 aromatic rings. The Kier molecular flexibility index (Phi) is 3.02. The molecule has 0 spiro atoms. The van der Waals surface area contributed by atoms with Crippen molar-refractivity contribution in [2.24, 2.45) is 5.73 Å². The van der Waals surface area contributed by atoms with Crippen LogP contribution < -0.4 is 10.5 Å². The fourth-order valence-corrected chi connectivity index (χ4v) is 1.79. The van der Waals surface area contributed by atoms with E-state index >= 15 is 0 Å². The number of sulfonamides is 1. The van der Waals surface area contributed by atoms with Crippen LogP contribution in [-0.2, 0) is 10.0 Å². The third-order valence-corrected chi connectivity index (χ3v) is 3.04. The molecule has 0 aliphatic rings. The van der Waals surface area contributed by atoms with Gasteiger partial charge in [-0.2, -0.15) is 4.72 Å². The van der Waals surface area contributed by atoms with Gasteiger partial charge in [0.05, 0.1) is 11.6 Å². The van der Waals surface area contributed by atoms with E-state index in [9.17, 15) is 8.42 Å². The lowest BCUT2D eigenvalue weighted by molar-refractivity contribution is 0.583. The zero-order valence-corrected chi connectivity index (χ0v) is 8.14. The second-order valence-corrected chi connectivity index (χ2v) is 4.43. The maximum atomic E-state index is 11.4. The van der Waals surface area contributed by atoms with Crippen molar-refractivity contribution in [2.75, 3.05) is 6.67 Å². The highest BCUT2D eigenvalue weighted by Gasteiger charge is 2.10. The summed E-state index contributed by atoms with van der Waals surface area (Å²) in [6.07, 6.45) is 0. The van der Waals surface area contributed by atoms with E-state index in [1.807, 2.05) is 6.92 Å². The molecule has 0 aliphatic carbocycles. The second kappa shape index (κ2) is 3.87. The Hall–Kier alpha value is -0.910. The van der Waals surface area contributed by atoms with Gasteiger partial charge in [-0.25, -0.2) is 8.42 Å². The van der Waals surface area contributed by atoms with Gasteiger partial charge in [0.25, 0.3) is 0 Å². The van der Waals surface area contributed by atoms with Gasteiger partial charge in [-0.15, -0.1) is 0 Å². The quantitative estimate of drug-likeness (QED) is 0.684. The minimum atomic E-state index is -3.40. The molecular weight excluding hydrogens is 188 g/mol. The number of rotatable bonds is 3. The standard InChI is InChI=1S/C8H12N2O2S/c1-7-2-4-8(5-3-7)13(11,12)10-6-9/h2-5,10H,6,9H2,1H3. The lowest BCUT2D eigenvalue weighted by Gasteiger charge is -2.03. The highest BCUT2D eigenvalue weighted by Crippen LogP contribution is 2.08. The molecule has 1 rings (SSSR count). The molecule has 5 heteroatoms. The van der Waals surface area contributed by atoms with Gasteiger partial charge in [-0.1, -0.05) is 17.7 Å². The molecule has 1 aromatic carbocycles. The van der Waals surface area contributed by atoms with Crippen molar-refractivity contribution in [2.45, 2.75) is 11.8 Å². The Morgan fingerprint density at radius 1 is 1.31 bits per heavy atom. The number of aryl methyl sites for hydroxylation is 1. The van der Waals surface area contributed by atoms with Crippen LogP contribution in [0, 0.1) is 6.92 Å². The Labute approximate surface area is 77.8 Å². The number of benzene rings is 1. The van der Waals surface area contributed by atoms with E-state index in [1.54, 1.807) is 24.3 Å². The minimum absolute atomic E-state index is 0.0871. The van der Waals surface area contributed by atoms with E-state index < -0.39 is 10.0 Å². The highest BCUT2D eigenvalue weighted by atomic mass is 32.2. The van der Waals surface area contributed by atoms with Gasteiger partial charge >= 0.3 is 0 Å². The summed E-state index contributed by atoms with van der Waals surface area (Å²) in [5.74, 6) is 0. The summed E-state index contributed by atoms with van der Waals surface area (Å²) in [7, 11) is -3.40. The number of hydrogen-bond acceptors (Lipinski definition) is 3. The third-order valence-electron chi connectivity index (χ3n) is 1.60. The van der Waals surface area contributed by atoms with Crippen molar-refractivity contribution in [3.05, 3.63) is 29.8 Å². The lowest BCUT2D eigenvalue weighted by Crippen LogP contribution is -2.29. The van der Waals surface area contributed by atoms with Crippen LogP contribution in [0.15, 0.2) is 29.2 Å². The van der Waals surface area contributed by atoms with E-state index in [0.717, 1.165) is 5.56 Å². The van der Waals surface area contributed by atoms with E-state index in [2.05, 4.69) is 4.72 Å². The first-order valence-corrected chi connectivity index (χ1v) is 5.31. The van der Waals surface area contributed by atoms with Crippen LogP contribution in [0.1, 0.15) is 5.56 Å². The number of nitrogens with two attached hydrogens (primary N) is 1. The Balaban J connectivity index is 3.02. The topological polar surface area (TPSA) is 72.2 Å². The van der Waals surface area contributed by atoms with Crippen molar-refractivity contribution >= 4 is 10.0 Å². The van der Waals surface area contributed by atoms with Gasteiger partial charge in [0.1, 0.15) is 0 Å². The Bertz CT molecular complexity index is 370. The normalized spacial score (nSPS) is 11.5. The minimum Gasteiger partial charge on any atom is -0.318 e. The van der Waals surface area contributed by atoms with Crippen LogP contribution in [0.25, 0.3) is 0 Å². The summed E-state index contributed by atoms with van der Waals surface area (Å²) in [6.45, 7) is 1.81. The first kappa shape index (κ1) is 10.2. The van der Waals surface area contributed by atoms with Crippen LogP contribution in [-0.4, -0.2) is 15.1 Å². The molecule has 0 radical (unpaired) electrons. The molecule has 0 saturated carbocycles. The maximum absolute atomic E-state index is 11.4. The first-order chi connectivity index (χ1) is 6.06. The van der Waals surface area contributed by atoms with Crippen LogP contribution in [0.3, 0.4) is 0 Å². The predicted octanol–water partition coefficient (Wildman–Crippen LogP) is 0.190. The molecule has 0 atom stereocenters. The van der Waals surface area contributed by atoms with Crippen LogP contribution in [0.5, 0.6) is 0 Å². The van der Waals surface area contributed by atoms with Gasteiger partial charge < -0.3 is 5.73 Å². The van der Waals surface area contributed by atoms with Crippen molar-refractivity contribution in [1.82, 2.24) is 4.72 Å². The molecule has 4 nitrogen and oxygen atoms in total. The zero-order chi connectivity index (χ0) is 9.90. The zero-order valence-electron chi connectivity index (χ0n) is 7.32. The second-order valence-electron chi connectivity index (χ2n) is 2.66. The van der Waals surface area contributed by atoms with E-state index in [1.165, 1.54) is 0 Å². The summed E-state index contributed by atoms with van der Waals surface area (Å²) in [6, 6.07) is 6.58. The Morgan fingerprint density at radius 2 is 1.85 bits per heavy atom. The summed E-state index contributed by atoms with van der Waals surface area (Å²) >= 11 is 0. The number of nitrogens with one attached hydrogen (secondary N) is 1. The molecule has 0 fully saturated rings. The highest BCUT2D eigenvalue weighted by molar-refractivity contribution is 7.89. The molecule has 0 aliphatic heterocycles. The third kappa shape index (κ3) is 2.51. The first-order valence-electron chi connectivity index (χ1n) is 3.82. The van der Waals surface area contributed by atoms with Crippen molar-refractivity contribution in [3.63, 3.8) is 0 Å². The van der Waals surface area contributed by atoms with Crippen LogP contribution in [0.2, 0.25) is 0 Å². The van der Waals surface area contributed by atoms with Gasteiger partial charge in [0, 0.05) is 0 Å². The molecule has 72 valence electrons. The average Bonchev–Trinajstić information content (AvgIpc) is 2.05. The molecule has 0 bridgehead atoms. The summed E-state index contributed by atoms with van der Waals surface area (Å²) in [5, 5.41) is 0. The molecule has 0 aromatic heterocycles. The summed E-state index contributed by atoms with van der Waals surface area (Å²) in [4.78, 5) is 0.239. The largest absolute Gasteiger partial charge is 0.318 e. The molecule has 3 N–H and O–H groups in total. The fourth-order valence-electron chi connectivity index (χ4n) is 0.910. The van der Waals surface area contributed by atoms with Crippen LogP contribution in [0.4, 0.5) is 0 Å². The predicted molar refractivity (Wildman–Crippen MR) is 50.6 cm³/mol. The molecule has 0 amide bonds. The fraction of sp³-hybridized carbons (Fsp3) is 0.250. The number of hydrogen-bond donors (Lipinski definition) is 2. The van der Waals surface area contributed by atoms with Crippen molar-refractivity contribution in [3.8, 4) is 0 Å². The summed E-state index contributed by atoms with van der Waals surface area (Å²) in [5.41, 5.74) is 6.11. The maximum Gasteiger partial charge on any atom is 0.241 e. The Morgan fingerprint density at radius 3 is 2.31 bits per heavy atom. The molecular formula is C8H12N2O2S. The molecule has 13 heavy (non-hydrogen) atoms. The molecule has 0 unspecified atom stereocenters. The van der Waals surface area contributed by atoms with Gasteiger partial charge in [-0.3, -0.25) is 0 Å². The SMILES string of the molecule is Cc1ccc(S(=O)(=O)NCN)cc1. The van der Waals surface area contributed by atoms with Gasteiger partial charge in [-0.05, 0) is 19.1 Å². The molecule has 0 saturated heterocycles. The van der Waals surface area contributed by atoms with E-state index in [-0.39, 0.29) is 11.6 Å².